The highest BCUT2D eigenvalue weighted by Crippen LogP contribution is 2.32. The van der Waals surface area contributed by atoms with E-state index in [2.05, 4.69) is 15.5 Å². The molecule has 3 aromatic rings. The lowest BCUT2D eigenvalue weighted by Gasteiger charge is -2.12. The van der Waals surface area contributed by atoms with Gasteiger partial charge in [-0.1, -0.05) is 29.3 Å². The summed E-state index contributed by atoms with van der Waals surface area (Å²) in [7, 11) is 0. The second kappa shape index (κ2) is 8.67. The number of halogens is 2. The molecule has 0 aliphatic rings. The van der Waals surface area contributed by atoms with E-state index in [1.807, 2.05) is 31.6 Å². The van der Waals surface area contributed by atoms with Gasteiger partial charge in [-0.05, 0) is 39.0 Å². The molecule has 2 heterocycles. The summed E-state index contributed by atoms with van der Waals surface area (Å²) in [5.74, 6) is 0.107. The van der Waals surface area contributed by atoms with Gasteiger partial charge in [0.15, 0.2) is 12.5 Å². The first-order valence-corrected chi connectivity index (χ1v) is 9.59. The van der Waals surface area contributed by atoms with Gasteiger partial charge in [0.2, 0.25) is 0 Å². The van der Waals surface area contributed by atoms with Crippen LogP contribution in [0.3, 0.4) is 0 Å². The summed E-state index contributed by atoms with van der Waals surface area (Å²) in [6.07, 6.45) is 3.60. The number of benzene rings is 1. The smallest absolute Gasteiger partial charge is 0.272 e. The van der Waals surface area contributed by atoms with E-state index < -0.39 is 0 Å². The molecular weight excluding hydrogens is 401 g/mol. The van der Waals surface area contributed by atoms with Crippen LogP contribution in [-0.2, 0) is 13.3 Å². The number of nitrogens with one attached hydrogen (secondary N) is 1. The molecule has 0 saturated carbocycles. The third kappa shape index (κ3) is 4.48. The van der Waals surface area contributed by atoms with Gasteiger partial charge < -0.3 is 10.1 Å². The molecule has 0 spiro atoms. The zero-order valence-electron chi connectivity index (χ0n) is 15.8. The maximum atomic E-state index is 12.5. The Bertz CT molecular complexity index is 962. The van der Waals surface area contributed by atoms with E-state index in [1.165, 1.54) is 4.68 Å². The standard InChI is InChI=1S/C19H21Cl2N5O2/c1-4-25-10-14(13(3)23-25)12(2)22-19(27)17-8-9-26(24-17)11-28-18-15(20)6-5-7-16(18)21/h5-10,12H,4,11H2,1-3H3,(H,22,27). The second-order valence-corrected chi connectivity index (χ2v) is 7.10. The number of hydrogen-bond acceptors (Lipinski definition) is 4. The van der Waals surface area contributed by atoms with Gasteiger partial charge in [0.05, 0.1) is 21.8 Å². The number of aryl methyl sites for hydroxylation is 2. The number of nitrogens with zero attached hydrogens (tertiary/aromatic N) is 4. The molecule has 0 bridgehead atoms. The van der Waals surface area contributed by atoms with Crippen molar-refractivity contribution in [3.8, 4) is 5.75 Å². The highest BCUT2D eigenvalue weighted by molar-refractivity contribution is 6.37. The molecule has 28 heavy (non-hydrogen) atoms. The van der Waals surface area contributed by atoms with Gasteiger partial charge in [-0.15, -0.1) is 0 Å². The predicted octanol–water partition coefficient (Wildman–Crippen LogP) is 4.24. The topological polar surface area (TPSA) is 74.0 Å². The Balaban J connectivity index is 1.63. The largest absolute Gasteiger partial charge is 0.468 e. The summed E-state index contributed by atoms with van der Waals surface area (Å²) in [6, 6.07) is 6.56. The number of rotatable bonds is 7. The molecule has 1 amide bonds. The van der Waals surface area contributed by atoms with E-state index in [4.69, 9.17) is 27.9 Å². The fraction of sp³-hybridized carbons (Fsp3) is 0.316. The van der Waals surface area contributed by atoms with Crippen LogP contribution in [0.5, 0.6) is 5.75 Å². The van der Waals surface area contributed by atoms with Crippen molar-refractivity contribution in [1.82, 2.24) is 24.9 Å². The van der Waals surface area contributed by atoms with Gasteiger partial charge in [0, 0.05) is 24.5 Å². The predicted molar refractivity (Wildman–Crippen MR) is 108 cm³/mol. The quantitative estimate of drug-likeness (QED) is 0.618. The van der Waals surface area contributed by atoms with E-state index in [1.54, 1.807) is 30.5 Å². The molecule has 7 nitrogen and oxygen atoms in total. The number of aromatic nitrogens is 4. The van der Waals surface area contributed by atoms with Crippen LogP contribution in [0.1, 0.15) is 41.6 Å². The molecule has 0 radical (unpaired) electrons. The summed E-state index contributed by atoms with van der Waals surface area (Å²) in [4.78, 5) is 12.5. The Labute approximate surface area is 173 Å². The van der Waals surface area contributed by atoms with Gasteiger partial charge >= 0.3 is 0 Å². The van der Waals surface area contributed by atoms with Crippen molar-refractivity contribution in [2.75, 3.05) is 0 Å². The Morgan fingerprint density at radius 1 is 1.21 bits per heavy atom. The number of hydrogen-bond donors (Lipinski definition) is 1. The number of ether oxygens (including phenoxy) is 1. The lowest BCUT2D eigenvalue weighted by molar-refractivity contribution is 0.0932. The number of carbonyl (C=O) groups excluding carboxylic acids is 1. The maximum Gasteiger partial charge on any atom is 0.272 e. The van der Waals surface area contributed by atoms with Crippen LogP contribution >= 0.6 is 23.2 Å². The van der Waals surface area contributed by atoms with Crippen LogP contribution in [0.4, 0.5) is 0 Å². The van der Waals surface area contributed by atoms with Crippen molar-refractivity contribution in [2.24, 2.45) is 0 Å². The summed E-state index contributed by atoms with van der Waals surface area (Å²) in [5.41, 5.74) is 2.16. The van der Waals surface area contributed by atoms with E-state index >= 15 is 0 Å². The van der Waals surface area contributed by atoms with Crippen molar-refractivity contribution < 1.29 is 9.53 Å². The minimum atomic E-state index is -0.273. The average molecular weight is 422 g/mol. The molecule has 0 saturated heterocycles. The molecule has 1 N–H and O–H groups in total. The van der Waals surface area contributed by atoms with Crippen LogP contribution in [0, 0.1) is 6.92 Å². The number of para-hydroxylation sites is 1. The SMILES string of the molecule is CCn1cc(C(C)NC(=O)c2ccn(COc3c(Cl)cccc3Cl)n2)c(C)n1. The molecule has 1 unspecified atom stereocenters. The minimum Gasteiger partial charge on any atom is -0.468 e. The van der Waals surface area contributed by atoms with Crippen molar-refractivity contribution in [3.63, 3.8) is 0 Å². The van der Waals surface area contributed by atoms with Gasteiger partial charge in [-0.3, -0.25) is 9.48 Å². The van der Waals surface area contributed by atoms with Gasteiger partial charge in [-0.25, -0.2) is 4.68 Å². The molecule has 148 valence electrons. The van der Waals surface area contributed by atoms with Crippen LogP contribution < -0.4 is 10.1 Å². The summed E-state index contributed by atoms with van der Waals surface area (Å²) in [5, 5.41) is 12.4. The average Bonchev–Trinajstić information content (AvgIpc) is 3.28. The molecule has 1 aromatic carbocycles. The minimum absolute atomic E-state index is 0.0780. The van der Waals surface area contributed by atoms with E-state index in [9.17, 15) is 4.79 Å². The molecule has 3 rings (SSSR count). The Morgan fingerprint density at radius 3 is 2.57 bits per heavy atom. The van der Waals surface area contributed by atoms with Gasteiger partial charge in [0.1, 0.15) is 5.69 Å². The van der Waals surface area contributed by atoms with E-state index in [-0.39, 0.29) is 18.7 Å². The molecule has 0 aliphatic carbocycles. The van der Waals surface area contributed by atoms with Crippen molar-refractivity contribution in [2.45, 2.75) is 40.1 Å². The lowest BCUT2D eigenvalue weighted by atomic mass is 10.1. The Kier molecular flexibility index (Phi) is 6.26. The van der Waals surface area contributed by atoms with Crippen molar-refractivity contribution >= 4 is 29.1 Å². The monoisotopic (exact) mass is 421 g/mol. The highest BCUT2D eigenvalue weighted by atomic mass is 35.5. The highest BCUT2D eigenvalue weighted by Gasteiger charge is 2.17. The van der Waals surface area contributed by atoms with Crippen LogP contribution in [0.25, 0.3) is 0 Å². The third-order valence-corrected chi connectivity index (χ3v) is 4.85. The zero-order chi connectivity index (χ0) is 20.3. The fourth-order valence-electron chi connectivity index (χ4n) is 2.77. The second-order valence-electron chi connectivity index (χ2n) is 6.29. The van der Waals surface area contributed by atoms with Crippen LogP contribution in [0.15, 0.2) is 36.7 Å². The third-order valence-electron chi connectivity index (χ3n) is 4.26. The molecule has 1 atom stereocenters. The van der Waals surface area contributed by atoms with Crippen molar-refractivity contribution in [1.29, 1.82) is 0 Å². The van der Waals surface area contributed by atoms with E-state index in [0.29, 0.717) is 21.5 Å². The summed E-state index contributed by atoms with van der Waals surface area (Å²) >= 11 is 12.2. The Hall–Kier alpha value is -2.51. The maximum absolute atomic E-state index is 12.5. The molecule has 2 aromatic heterocycles. The van der Waals surface area contributed by atoms with Crippen molar-refractivity contribution in [3.05, 3.63) is 63.7 Å². The van der Waals surface area contributed by atoms with Crippen LogP contribution in [-0.4, -0.2) is 25.5 Å². The molecular formula is C19H21Cl2N5O2. The first kappa shape index (κ1) is 20.2. The summed E-state index contributed by atoms with van der Waals surface area (Å²) < 4.78 is 8.97. The van der Waals surface area contributed by atoms with Gasteiger partial charge in [0.25, 0.3) is 5.91 Å². The molecule has 0 fully saturated rings. The summed E-state index contributed by atoms with van der Waals surface area (Å²) in [6.45, 7) is 6.72. The first-order chi connectivity index (χ1) is 13.4. The fourth-order valence-corrected chi connectivity index (χ4v) is 3.28. The van der Waals surface area contributed by atoms with E-state index in [0.717, 1.165) is 17.8 Å². The molecule has 9 heteroatoms. The number of amides is 1. The molecule has 0 aliphatic heterocycles. The first-order valence-electron chi connectivity index (χ1n) is 8.84. The normalized spacial score (nSPS) is 12.0. The zero-order valence-corrected chi connectivity index (χ0v) is 17.3. The van der Waals surface area contributed by atoms with Crippen LogP contribution in [0.2, 0.25) is 10.0 Å². The lowest BCUT2D eigenvalue weighted by Crippen LogP contribution is -2.27. The Morgan fingerprint density at radius 2 is 1.93 bits per heavy atom. The number of carbonyl (C=O) groups is 1. The van der Waals surface area contributed by atoms with Gasteiger partial charge in [-0.2, -0.15) is 10.2 Å².